The Morgan fingerprint density at radius 2 is 1.89 bits per heavy atom. The monoisotopic (exact) mass is 555 g/mol. The van der Waals surface area contributed by atoms with Crippen molar-refractivity contribution in [2.24, 2.45) is 0 Å². The van der Waals surface area contributed by atoms with E-state index >= 15 is 0 Å². The Morgan fingerprint density at radius 1 is 1.16 bits per heavy atom. The van der Waals surface area contributed by atoms with E-state index in [1.165, 1.54) is 12.3 Å². The van der Waals surface area contributed by atoms with Crippen LogP contribution in [0.25, 0.3) is 10.4 Å². The van der Waals surface area contributed by atoms with Gasteiger partial charge in [0.1, 0.15) is 11.5 Å². The maximum absolute atomic E-state index is 14.3. The van der Waals surface area contributed by atoms with Crippen LogP contribution in [-0.2, 0) is 0 Å². The molecule has 2 amide bonds. The van der Waals surface area contributed by atoms with E-state index in [0.29, 0.717) is 12.4 Å². The SMILES string of the molecule is CC1CCCN1C(=O)c1nc(C(=O)NC2CS(O)(O)C2)sc1-c1cnc(NC2CCCC2)cc1C(F)F. The first-order chi connectivity index (χ1) is 17.6. The summed E-state index contributed by atoms with van der Waals surface area (Å²) in [4.78, 5) is 37.0. The molecule has 3 aliphatic rings. The van der Waals surface area contributed by atoms with E-state index in [9.17, 15) is 27.5 Å². The Bertz CT molecular complexity index is 1180. The molecule has 1 atom stereocenters. The van der Waals surface area contributed by atoms with Crippen LogP contribution in [0.15, 0.2) is 12.3 Å². The number of thiazole rings is 1. The fourth-order valence-electron chi connectivity index (χ4n) is 5.24. The van der Waals surface area contributed by atoms with Gasteiger partial charge in [-0.25, -0.2) is 18.7 Å². The molecule has 3 fully saturated rings. The molecule has 1 aliphatic carbocycles. The number of aromatic nitrogens is 2. The number of anilines is 1. The smallest absolute Gasteiger partial charge is 0.280 e. The van der Waals surface area contributed by atoms with Gasteiger partial charge in [0.2, 0.25) is 0 Å². The molecule has 0 spiro atoms. The number of carbonyl (C=O) groups is 2. The summed E-state index contributed by atoms with van der Waals surface area (Å²) in [5, 5.41) is 5.89. The lowest BCUT2D eigenvalue weighted by molar-refractivity contribution is 0.0743. The minimum Gasteiger partial charge on any atom is -0.367 e. The summed E-state index contributed by atoms with van der Waals surface area (Å²) in [6.45, 7) is 2.46. The highest BCUT2D eigenvalue weighted by molar-refractivity contribution is 8.25. The van der Waals surface area contributed by atoms with Gasteiger partial charge >= 0.3 is 0 Å². The van der Waals surface area contributed by atoms with Gasteiger partial charge in [-0.05, 0) is 38.7 Å². The van der Waals surface area contributed by atoms with Gasteiger partial charge in [0.25, 0.3) is 18.2 Å². The molecular formula is C24H31F2N5O4S2. The van der Waals surface area contributed by atoms with Crippen LogP contribution in [0.2, 0.25) is 0 Å². The maximum atomic E-state index is 14.3. The number of rotatable bonds is 7. The van der Waals surface area contributed by atoms with Crippen LogP contribution in [-0.4, -0.2) is 72.0 Å². The molecule has 2 aromatic heterocycles. The zero-order valence-electron chi connectivity index (χ0n) is 20.5. The second-order valence-corrected chi connectivity index (χ2v) is 13.3. The zero-order valence-corrected chi connectivity index (χ0v) is 22.1. The molecule has 4 heterocycles. The summed E-state index contributed by atoms with van der Waals surface area (Å²) in [6, 6.07) is 1.08. The summed E-state index contributed by atoms with van der Waals surface area (Å²) in [5.41, 5.74) is -0.235. The second-order valence-electron chi connectivity index (χ2n) is 10.1. The Balaban J connectivity index is 1.49. The number of pyridine rings is 1. The third-order valence-electron chi connectivity index (χ3n) is 7.23. The Kier molecular flexibility index (Phi) is 7.40. The van der Waals surface area contributed by atoms with Crippen molar-refractivity contribution in [2.75, 3.05) is 23.4 Å². The Labute approximate surface area is 219 Å². The van der Waals surface area contributed by atoms with Crippen molar-refractivity contribution in [1.29, 1.82) is 0 Å². The van der Waals surface area contributed by atoms with E-state index in [0.717, 1.165) is 49.9 Å². The third kappa shape index (κ3) is 5.59. The summed E-state index contributed by atoms with van der Waals surface area (Å²) < 4.78 is 47.8. The normalized spacial score (nSPS) is 22.8. The second kappa shape index (κ2) is 10.4. The Hall–Kier alpha value is -2.35. The van der Waals surface area contributed by atoms with Crippen molar-refractivity contribution >= 4 is 39.6 Å². The van der Waals surface area contributed by atoms with Gasteiger partial charge in [-0.15, -0.1) is 11.3 Å². The summed E-state index contributed by atoms with van der Waals surface area (Å²) in [5.74, 6) is -0.503. The number of hydrogen-bond donors (Lipinski definition) is 4. The number of likely N-dealkylation sites (tertiary alicyclic amines) is 1. The highest BCUT2D eigenvalue weighted by atomic mass is 32.3. The van der Waals surface area contributed by atoms with Crippen LogP contribution < -0.4 is 10.6 Å². The molecule has 1 saturated carbocycles. The van der Waals surface area contributed by atoms with Crippen LogP contribution in [0.4, 0.5) is 14.6 Å². The molecule has 0 bridgehead atoms. The molecule has 0 aromatic carbocycles. The quantitative estimate of drug-likeness (QED) is 0.379. The largest absolute Gasteiger partial charge is 0.367 e. The number of nitrogens with zero attached hydrogens (tertiary/aromatic N) is 3. The average molecular weight is 556 g/mol. The summed E-state index contributed by atoms with van der Waals surface area (Å²) in [6.07, 6.45) is 4.27. The first-order valence-corrected chi connectivity index (χ1v) is 15.2. The van der Waals surface area contributed by atoms with Crippen LogP contribution in [0, 0.1) is 0 Å². The van der Waals surface area contributed by atoms with Gasteiger partial charge in [0.05, 0.1) is 22.4 Å². The van der Waals surface area contributed by atoms with E-state index < -0.39 is 34.9 Å². The lowest BCUT2D eigenvalue weighted by Gasteiger charge is -2.46. The Morgan fingerprint density at radius 3 is 2.51 bits per heavy atom. The zero-order chi connectivity index (χ0) is 26.3. The van der Waals surface area contributed by atoms with E-state index in [1.54, 1.807) is 4.90 Å². The van der Waals surface area contributed by atoms with Crippen LogP contribution >= 0.6 is 21.9 Å². The first-order valence-electron chi connectivity index (χ1n) is 12.5. The van der Waals surface area contributed by atoms with Crippen LogP contribution in [0.3, 0.4) is 0 Å². The van der Waals surface area contributed by atoms with E-state index in [-0.39, 0.29) is 50.3 Å². The fourth-order valence-corrected chi connectivity index (χ4v) is 7.59. The minimum absolute atomic E-state index is 0.0230. The molecule has 2 aliphatic heterocycles. The van der Waals surface area contributed by atoms with Crippen molar-refractivity contribution in [3.05, 3.63) is 28.5 Å². The molecule has 5 rings (SSSR count). The van der Waals surface area contributed by atoms with Gasteiger partial charge in [-0.2, -0.15) is 10.6 Å². The van der Waals surface area contributed by atoms with Crippen molar-refractivity contribution in [3.8, 4) is 10.4 Å². The molecule has 2 aromatic rings. The van der Waals surface area contributed by atoms with Gasteiger partial charge in [-0.1, -0.05) is 12.8 Å². The average Bonchev–Trinajstić information content (AvgIpc) is 3.58. The molecule has 4 N–H and O–H groups in total. The molecule has 0 radical (unpaired) electrons. The fraction of sp³-hybridized carbons (Fsp3) is 0.583. The highest BCUT2D eigenvalue weighted by Gasteiger charge is 2.37. The summed E-state index contributed by atoms with van der Waals surface area (Å²) >= 11 is 0.873. The number of nitrogens with one attached hydrogen (secondary N) is 2. The number of amides is 2. The number of hydrogen-bond acceptors (Lipinski definition) is 8. The molecule has 13 heteroatoms. The van der Waals surface area contributed by atoms with Gasteiger partial charge in [0.15, 0.2) is 5.01 Å². The van der Waals surface area contributed by atoms with Crippen molar-refractivity contribution < 1.29 is 27.5 Å². The molecule has 2 saturated heterocycles. The predicted molar refractivity (Wildman–Crippen MR) is 140 cm³/mol. The lowest BCUT2D eigenvalue weighted by atomic mass is 10.1. The number of carbonyl (C=O) groups excluding carboxylic acids is 2. The molecule has 9 nitrogen and oxygen atoms in total. The molecule has 37 heavy (non-hydrogen) atoms. The van der Waals surface area contributed by atoms with Crippen LogP contribution in [0.1, 0.15) is 77.7 Å². The lowest BCUT2D eigenvalue weighted by Crippen LogP contribution is -2.50. The van der Waals surface area contributed by atoms with Gasteiger partial charge in [-0.3, -0.25) is 18.7 Å². The first kappa shape index (κ1) is 26.3. The van der Waals surface area contributed by atoms with E-state index in [4.69, 9.17) is 0 Å². The summed E-state index contributed by atoms with van der Waals surface area (Å²) in [7, 11) is -2.65. The predicted octanol–water partition coefficient (Wildman–Crippen LogP) is 4.98. The van der Waals surface area contributed by atoms with E-state index in [1.807, 2.05) is 6.92 Å². The van der Waals surface area contributed by atoms with Gasteiger partial charge < -0.3 is 15.5 Å². The van der Waals surface area contributed by atoms with Gasteiger partial charge in [0, 0.05) is 36.0 Å². The third-order valence-corrected chi connectivity index (χ3v) is 10.2. The topological polar surface area (TPSA) is 128 Å². The standard InChI is InChI=1S/C24H31F2N5O4S2/c1-13-5-4-8-31(13)24(33)19-20(36-23(30-19)22(32)29-15-11-37(34,35)12-15)17-10-27-18(9-16(17)21(25)26)28-14-6-2-3-7-14/h9-10,13-15,21,34-35H,2-8,11-12H2,1H3,(H,27,28)(H,29,32). The molecule has 1 unspecified atom stereocenters. The maximum Gasteiger partial charge on any atom is 0.280 e. The molecular weight excluding hydrogens is 524 g/mol. The number of alkyl halides is 2. The highest BCUT2D eigenvalue weighted by Crippen LogP contribution is 2.48. The van der Waals surface area contributed by atoms with Crippen molar-refractivity contribution in [3.63, 3.8) is 0 Å². The van der Waals surface area contributed by atoms with E-state index in [2.05, 4.69) is 20.6 Å². The van der Waals surface area contributed by atoms with Crippen LogP contribution in [0.5, 0.6) is 0 Å². The molecule has 202 valence electrons. The number of halogens is 2. The van der Waals surface area contributed by atoms with Crippen molar-refractivity contribution in [2.45, 2.75) is 70.0 Å². The van der Waals surface area contributed by atoms with Crippen molar-refractivity contribution in [1.82, 2.24) is 20.2 Å². The minimum atomic E-state index is -2.82.